The maximum Gasteiger partial charge on any atom is 0.410 e. The Labute approximate surface area is 420 Å². The number of rotatable bonds is 14. The van der Waals surface area contributed by atoms with Gasteiger partial charge in [0.05, 0.1) is 23.7 Å². The number of halogens is 1. The van der Waals surface area contributed by atoms with Gasteiger partial charge in [-0.1, -0.05) is 121 Å². The van der Waals surface area contributed by atoms with Crippen LogP contribution < -0.4 is 14.4 Å². The molecule has 0 radical (unpaired) electrons. The van der Waals surface area contributed by atoms with E-state index in [9.17, 15) is 4.79 Å². The zero-order valence-corrected chi connectivity index (χ0v) is 41.8. The first-order chi connectivity index (χ1) is 34.9. The van der Waals surface area contributed by atoms with Crippen molar-refractivity contribution in [2.24, 2.45) is 0 Å². The monoisotopic (exact) mass is 964 g/mol. The molecule has 0 N–H and O–H groups in total. The van der Waals surface area contributed by atoms with E-state index >= 15 is 4.39 Å². The maximum atomic E-state index is 17.2. The molecule has 2 bridgehead atoms. The van der Waals surface area contributed by atoms with Crippen molar-refractivity contribution in [3.8, 4) is 22.9 Å². The van der Waals surface area contributed by atoms with Crippen molar-refractivity contribution in [1.82, 2.24) is 24.6 Å². The first-order valence-corrected chi connectivity index (χ1v) is 25.2. The molecule has 3 fully saturated rings. The number of benzene rings is 6. The number of carbonyl (C=O) groups is 1. The van der Waals surface area contributed by atoms with E-state index in [1.807, 2.05) is 92.7 Å². The predicted octanol–water partition coefficient (Wildman–Crippen LogP) is 12.4. The number of amides is 1. The van der Waals surface area contributed by atoms with Gasteiger partial charge in [-0.2, -0.15) is 15.1 Å². The largest absolute Gasteiger partial charge is 0.486 e. The van der Waals surface area contributed by atoms with Gasteiger partial charge in [-0.15, -0.1) is 0 Å². The molecule has 3 aliphatic rings. The molecule has 368 valence electrons. The van der Waals surface area contributed by atoms with E-state index < -0.39 is 11.1 Å². The van der Waals surface area contributed by atoms with Gasteiger partial charge in [0.15, 0.2) is 5.75 Å². The fourth-order valence-corrected chi connectivity index (χ4v) is 11.0. The number of anilines is 1. The lowest BCUT2D eigenvalue weighted by atomic mass is 9.77. The normalized spacial score (nSPS) is 17.4. The van der Waals surface area contributed by atoms with Crippen LogP contribution in [0.25, 0.3) is 32.9 Å². The number of aromatic nitrogens is 4. The Hall–Kier alpha value is -7.31. The first kappa shape index (κ1) is 47.0. The number of methoxy groups -OCH3 is 1. The molecule has 1 amide bonds. The minimum absolute atomic E-state index is 0.0768. The molecule has 6 aromatic carbocycles. The summed E-state index contributed by atoms with van der Waals surface area (Å²) < 4.78 is 44.4. The highest BCUT2D eigenvalue weighted by atomic mass is 19.1. The summed E-state index contributed by atoms with van der Waals surface area (Å²) in [5.41, 5.74) is 6.48. The molecule has 2 unspecified atom stereocenters. The van der Waals surface area contributed by atoms with Crippen LogP contribution in [0, 0.1) is 12.7 Å². The van der Waals surface area contributed by atoms with E-state index in [0.717, 1.165) is 69.8 Å². The van der Waals surface area contributed by atoms with Crippen LogP contribution >= 0.6 is 0 Å². The van der Waals surface area contributed by atoms with E-state index in [2.05, 4.69) is 90.0 Å². The second-order valence-electron chi connectivity index (χ2n) is 20.7. The standard InChI is InChI=1S/C60H61FN6O5/c1-38(69-6)36-71-57-62-54-48(56(63-57)65-33-45-29-30-46(34-65)67(45)58(68)72-59(3,4)5)31-47(41-27-28-41)53(55(54)70-37-40-19-11-7-12-20-40)52-39(2)50(61)32-51-49(52)35-66(64-51)60(42-21-13-8-14-22-42,43-23-15-9-16-24-43)44-25-17-10-18-26-44/h7-26,31-32,35,38,41,45-46H,27-30,33-34,36-37H2,1-6H3/t38-,45?,46?/m0/s1. The number of ether oxygens (including phenoxy) is 4. The molecule has 4 heterocycles. The Morgan fingerprint density at radius 3 is 1.89 bits per heavy atom. The fourth-order valence-electron chi connectivity index (χ4n) is 11.0. The maximum absolute atomic E-state index is 17.2. The summed E-state index contributed by atoms with van der Waals surface area (Å²) in [6, 6.07) is 45.1. The molecule has 0 spiro atoms. The van der Waals surface area contributed by atoms with Gasteiger partial charge in [0.1, 0.15) is 41.5 Å². The van der Waals surface area contributed by atoms with Gasteiger partial charge in [0.2, 0.25) is 0 Å². The lowest BCUT2D eigenvalue weighted by Crippen LogP contribution is -2.57. The van der Waals surface area contributed by atoms with Crippen molar-refractivity contribution >= 4 is 33.7 Å². The zero-order chi connectivity index (χ0) is 49.7. The van der Waals surface area contributed by atoms with E-state index in [0.29, 0.717) is 46.8 Å². The summed E-state index contributed by atoms with van der Waals surface area (Å²) >= 11 is 0. The van der Waals surface area contributed by atoms with Crippen LogP contribution in [0.5, 0.6) is 11.8 Å². The number of carbonyl (C=O) groups excluding carboxylic acids is 1. The molecular formula is C60H61FN6O5. The predicted molar refractivity (Wildman–Crippen MR) is 279 cm³/mol. The first-order valence-electron chi connectivity index (χ1n) is 25.2. The van der Waals surface area contributed by atoms with Gasteiger partial charge in [0, 0.05) is 54.4 Å². The summed E-state index contributed by atoms with van der Waals surface area (Å²) in [7, 11) is 1.65. The van der Waals surface area contributed by atoms with E-state index in [1.54, 1.807) is 13.2 Å². The van der Waals surface area contributed by atoms with Crippen LogP contribution in [0.15, 0.2) is 140 Å². The van der Waals surface area contributed by atoms with Gasteiger partial charge in [-0.3, -0.25) is 9.58 Å². The number of hydrogen-bond acceptors (Lipinski definition) is 9. The summed E-state index contributed by atoms with van der Waals surface area (Å²) in [5.74, 6) is 1.01. The second-order valence-corrected chi connectivity index (χ2v) is 20.7. The Morgan fingerprint density at radius 2 is 1.33 bits per heavy atom. The molecule has 2 aliphatic heterocycles. The lowest BCUT2D eigenvalue weighted by Gasteiger charge is -2.42. The zero-order valence-electron chi connectivity index (χ0n) is 41.8. The highest BCUT2D eigenvalue weighted by Gasteiger charge is 2.46. The molecule has 1 aliphatic carbocycles. The van der Waals surface area contributed by atoms with Crippen molar-refractivity contribution in [2.45, 2.75) is 102 Å². The van der Waals surface area contributed by atoms with Gasteiger partial charge in [-0.05, 0) is 106 Å². The Morgan fingerprint density at radius 1 is 0.750 bits per heavy atom. The Bertz CT molecular complexity index is 3140. The Balaban J connectivity index is 1.17. The topological polar surface area (TPSA) is 104 Å². The van der Waals surface area contributed by atoms with Crippen LogP contribution in [0.4, 0.5) is 15.0 Å². The lowest BCUT2D eigenvalue weighted by molar-refractivity contribution is 0.0122. The van der Waals surface area contributed by atoms with Crippen LogP contribution in [0.3, 0.4) is 0 Å². The summed E-state index contributed by atoms with van der Waals surface area (Å²) in [5, 5.41) is 6.99. The molecule has 8 aromatic rings. The van der Waals surface area contributed by atoms with Crippen LogP contribution in [0.2, 0.25) is 0 Å². The number of hydrogen-bond donors (Lipinski definition) is 0. The number of nitrogens with zero attached hydrogens (tertiary/aromatic N) is 6. The average Bonchev–Trinajstić information content (AvgIpc) is 4.10. The summed E-state index contributed by atoms with van der Waals surface area (Å²) in [6.45, 7) is 11.0. The van der Waals surface area contributed by atoms with Crippen LogP contribution in [0.1, 0.15) is 92.7 Å². The third-order valence-corrected chi connectivity index (χ3v) is 14.6. The summed E-state index contributed by atoms with van der Waals surface area (Å²) in [6.07, 6.45) is 5.18. The molecule has 11 rings (SSSR count). The molecule has 1 saturated carbocycles. The Kier molecular flexibility index (Phi) is 12.4. The van der Waals surface area contributed by atoms with Crippen LogP contribution in [-0.4, -0.2) is 81.3 Å². The molecular weight excluding hydrogens is 904 g/mol. The third-order valence-electron chi connectivity index (χ3n) is 14.6. The quantitative estimate of drug-likeness (QED) is 0.0985. The van der Waals surface area contributed by atoms with Gasteiger partial charge in [-0.25, -0.2) is 9.18 Å². The number of fused-ring (bicyclic) bond motifs is 4. The number of piperazine rings is 1. The minimum atomic E-state index is -0.944. The highest BCUT2D eigenvalue weighted by Crippen LogP contribution is 2.54. The van der Waals surface area contributed by atoms with Crippen molar-refractivity contribution in [2.75, 3.05) is 31.7 Å². The fraction of sp³-hybridized carbons (Fsp3) is 0.333. The van der Waals surface area contributed by atoms with Gasteiger partial charge < -0.3 is 23.8 Å². The summed E-state index contributed by atoms with van der Waals surface area (Å²) in [4.78, 5) is 28.4. The van der Waals surface area contributed by atoms with Crippen molar-refractivity contribution in [3.05, 3.63) is 179 Å². The smallest absolute Gasteiger partial charge is 0.410 e. The molecule has 2 aromatic heterocycles. The van der Waals surface area contributed by atoms with E-state index in [4.69, 9.17) is 34.0 Å². The molecule has 11 nitrogen and oxygen atoms in total. The van der Waals surface area contributed by atoms with Crippen molar-refractivity contribution in [1.29, 1.82) is 0 Å². The molecule has 12 heteroatoms. The molecule has 2 saturated heterocycles. The van der Waals surface area contributed by atoms with Gasteiger partial charge >= 0.3 is 12.1 Å². The third kappa shape index (κ3) is 8.69. The van der Waals surface area contributed by atoms with Crippen LogP contribution in [-0.2, 0) is 21.6 Å². The average molecular weight is 965 g/mol. The van der Waals surface area contributed by atoms with Crippen molar-refractivity contribution in [3.63, 3.8) is 0 Å². The van der Waals surface area contributed by atoms with Gasteiger partial charge in [0.25, 0.3) is 0 Å². The van der Waals surface area contributed by atoms with E-state index in [-0.39, 0.29) is 55.2 Å². The minimum Gasteiger partial charge on any atom is -0.486 e. The van der Waals surface area contributed by atoms with Crippen molar-refractivity contribution < 1.29 is 28.1 Å². The molecule has 72 heavy (non-hydrogen) atoms. The SMILES string of the molecule is CO[C@@H](C)COc1nc(N2CC3CCC(C2)N3C(=O)OC(C)(C)C)c2cc(C3CC3)c(-c3c(C)c(F)cc4nn(C(c5ccccc5)(c5ccccc5)c5ccccc5)cc34)c(OCc3ccccc3)c2n1. The highest BCUT2D eigenvalue weighted by molar-refractivity contribution is 6.06. The molecule has 3 atom stereocenters. The van der Waals surface area contributed by atoms with E-state index in [1.165, 1.54) is 0 Å². The second kappa shape index (κ2) is 19.0.